The molecule has 0 saturated carbocycles. The number of nitrogens with zero attached hydrogens (tertiary/aromatic N) is 2. The van der Waals surface area contributed by atoms with Crippen LogP contribution in [0.4, 0.5) is 5.82 Å². The molecule has 0 atom stereocenters. The Kier molecular flexibility index (Phi) is 1.87. The van der Waals surface area contributed by atoms with Gasteiger partial charge in [0.25, 0.3) is 5.56 Å². The maximum atomic E-state index is 11.6. The van der Waals surface area contributed by atoms with Gasteiger partial charge in [-0.05, 0) is 13.8 Å². The Morgan fingerprint density at radius 2 is 2.21 bits per heavy atom. The molecule has 0 spiro atoms. The molecule has 2 heterocycles. The number of carbonyl (C=O) groups is 1. The van der Waals surface area contributed by atoms with Crippen LogP contribution in [-0.4, -0.2) is 21.9 Å². The van der Waals surface area contributed by atoms with Crippen molar-refractivity contribution in [3.8, 4) is 0 Å². The average molecular weight is 193 g/mol. The van der Waals surface area contributed by atoms with Crippen molar-refractivity contribution in [1.82, 2.24) is 9.97 Å². The Hall–Kier alpha value is -1.65. The standard InChI is InChI=1S/C9H11N3O2/c1-5(2)12-7(13)3-6-8(12)10-4-11-9(6)14/h4-5H,3H2,1-2H3,(H,10,11,14). The van der Waals surface area contributed by atoms with Gasteiger partial charge in [-0.3, -0.25) is 14.5 Å². The average Bonchev–Trinajstić information content (AvgIpc) is 2.42. The van der Waals surface area contributed by atoms with Crippen LogP contribution in [0.1, 0.15) is 19.4 Å². The van der Waals surface area contributed by atoms with Gasteiger partial charge in [0.1, 0.15) is 5.82 Å². The van der Waals surface area contributed by atoms with Gasteiger partial charge in [0.2, 0.25) is 5.91 Å². The molecule has 14 heavy (non-hydrogen) atoms. The van der Waals surface area contributed by atoms with E-state index in [1.165, 1.54) is 6.33 Å². The summed E-state index contributed by atoms with van der Waals surface area (Å²) in [5.41, 5.74) is 0.262. The van der Waals surface area contributed by atoms with Crippen molar-refractivity contribution in [2.45, 2.75) is 26.3 Å². The molecule has 2 rings (SSSR count). The molecule has 1 aromatic rings. The highest BCUT2D eigenvalue weighted by molar-refractivity contribution is 6.00. The molecule has 0 aliphatic carbocycles. The third-order valence-corrected chi connectivity index (χ3v) is 2.27. The van der Waals surface area contributed by atoms with Crippen LogP contribution < -0.4 is 10.5 Å². The summed E-state index contributed by atoms with van der Waals surface area (Å²) in [6.07, 6.45) is 1.49. The summed E-state index contributed by atoms with van der Waals surface area (Å²) in [4.78, 5) is 31.0. The van der Waals surface area contributed by atoms with Gasteiger partial charge in [0.15, 0.2) is 0 Å². The molecule has 1 aliphatic rings. The summed E-state index contributed by atoms with van der Waals surface area (Å²) in [6.45, 7) is 3.80. The van der Waals surface area contributed by atoms with Crippen molar-refractivity contribution in [3.63, 3.8) is 0 Å². The summed E-state index contributed by atoms with van der Waals surface area (Å²) < 4.78 is 0. The van der Waals surface area contributed by atoms with Crippen LogP contribution in [0.2, 0.25) is 0 Å². The van der Waals surface area contributed by atoms with Gasteiger partial charge < -0.3 is 4.98 Å². The number of hydrogen-bond acceptors (Lipinski definition) is 3. The summed E-state index contributed by atoms with van der Waals surface area (Å²) in [5.74, 6) is 0.452. The van der Waals surface area contributed by atoms with E-state index in [2.05, 4.69) is 9.97 Å². The lowest BCUT2D eigenvalue weighted by atomic mass is 10.3. The van der Waals surface area contributed by atoms with Gasteiger partial charge in [-0.15, -0.1) is 0 Å². The second-order valence-corrected chi connectivity index (χ2v) is 3.57. The number of nitrogens with one attached hydrogen (secondary N) is 1. The highest BCUT2D eigenvalue weighted by Crippen LogP contribution is 2.24. The van der Waals surface area contributed by atoms with Crippen LogP contribution in [0.15, 0.2) is 11.1 Å². The van der Waals surface area contributed by atoms with Crippen LogP contribution >= 0.6 is 0 Å². The minimum absolute atomic E-state index is 0.0399. The smallest absolute Gasteiger partial charge is 0.256 e. The highest BCUT2D eigenvalue weighted by atomic mass is 16.2. The monoisotopic (exact) mass is 193 g/mol. The largest absolute Gasteiger partial charge is 0.313 e. The Bertz CT molecular complexity index is 436. The summed E-state index contributed by atoms with van der Waals surface area (Å²) in [6, 6.07) is 0.0399. The number of H-pyrrole nitrogens is 1. The molecule has 1 amide bonds. The van der Waals surface area contributed by atoms with E-state index >= 15 is 0 Å². The third-order valence-electron chi connectivity index (χ3n) is 2.27. The summed E-state index contributed by atoms with van der Waals surface area (Å²) in [5, 5.41) is 0. The van der Waals surface area contributed by atoms with E-state index < -0.39 is 0 Å². The van der Waals surface area contributed by atoms with Crippen LogP contribution in [0.3, 0.4) is 0 Å². The number of fused-ring (bicyclic) bond motifs is 1. The first-order valence-electron chi connectivity index (χ1n) is 4.50. The van der Waals surface area contributed by atoms with Crippen LogP contribution in [0, 0.1) is 0 Å². The number of carbonyl (C=O) groups excluding carboxylic acids is 1. The fourth-order valence-electron chi connectivity index (χ4n) is 1.67. The minimum Gasteiger partial charge on any atom is -0.313 e. The zero-order valence-electron chi connectivity index (χ0n) is 8.07. The number of anilines is 1. The quantitative estimate of drug-likeness (QED) is 0.686. The summed E-state index contributed by atoms with van der Waals surface area (Å²) in [7, 11) is 0. The van der Waals surface area contributed by atoms with Crippen molar-refractivity contribution in [3.05, 3.63) is 22.2 Å². The summed E-state index contributed by atoms with van der Waals surface area (Å²) >= 11 is 0. The van der Waals surface area contributed by atoms with Crippen LogP contribution in [0.5, 0.6) is 0 Å². The molecular formula is C9H11N3O2. The Balaban J connectivity index is 2.58. The molecule has 5 nitrogen and oxygen atoms in total. The first kappa shape index (κ1) is 8.93. The van der Waals surface area contributed by atoms with Gasteiger partial charge in [0.05, 0.1) is 18.3 Å². The lowest BCUT2D eigenvalue weighted by Gasteiger charge is -2.19. The van der Waals surface area contributed by atoms with Gasteiger partial charge in [-0.25, -0.2) is 4.98 Å². The molecule has 0 fully saturated rings. The van der Waals surface area contributed by atoms with Crippen LogP contribution in [-0.2, 0) is 11.2 Å². The maximum Gasteiger partial charge on any atom is 0.256 e. The molecular weight excluding hydrogens is 182 g/mol. The second kappa shape index (κ2) is 2.94. The van der Waals surface area contributed by atoms with Crippen molar-refractivity contribution in [2.24, 2.45) is 0 Å². The van der Waals surface area contributed by atoms with Crippen LogP contribution in [0.25, 0.3) is 0 Å². The first-order valence-corrected chi connectivity index (χ1v) is 4.50. The minimum atomic E-state index is -0.216. The zero-order chi connectivity index (χ0) is 10.3. The van der Waals surface area contributed by atoms with Crippen molar-refractivity contribution in [1.29, 1.82) is 0 Å². The number of aromatic nitrogens is 2. The van der Waals surface area contributed by atoms with E-state index in [0.29, 0.717) is 11.4 Å². The fraction of sp³-hybridized carbons (Fsp3) is 0.444. The number of aromatic amines is 1. The molecule has 1 N–H and O–H groups in total. The number of amides is 1. The molecule has 0 saturated heterocycles. The molecule has 1 aliphatic heterocycles. The van der Waals surface area contributed by atoms with E-state index in [4.69, 9.17) is 0 Å². The number of hydrogen-bond donors (Lipinski definition) is 1. The van der Waals surface area contributed by atoms with Crippen molar-refractivity contribution < 1.29 is 4.79 Å². The van der Waals surface area contributed by atoms with Gasteiger partial charge in [-0.2, -0.15) is 0 Å². The Labute approximate surface area is 80.8 Å². The Morgan fingerprint density at radius 1 is 1.50 bits per heavy atom. The van der Waals surface area contributed by atoms with E-state index in [1.807, 2.05) is 13.8 Å². The van der Waals surface area contributed by atoms with Crippen molar-refractivity contribution >= 4 is 11.7 Å². The second-order valence-electron chi connectivity index (χ2n) is 3.57. The lowest BCUT2D eigenvalue weighted by molar-refractivity contribution is -0.117. The van der Waals surface area contributed by atoms with Gasteiger partial charge in [0, 0.05) is 6.04 Å². The molecule has 0 unspecified atom stereocenters. The van der Waals surface area contributed by atoms with Crippen molar-refractivity contribution in [2.75, 3.05) is 4.90 Å². The fourth-order valence-corrected chi connectivity index (χ4v) is 1.67. The maximum absolute atomic E-state index is 11.6. The highest BCUT2D eigenvalue weighted by Gasteiger charge is 2.32. The molecule has 0 bridgehead atoms. The Morgan fingerprint density at radius 3 is 2.86 bits per heavy atom. The van der Waals surface area contributed by atoms with E-state index in [-0.39, 0.29) is 23.9 Å². The third kappa shape index (κ3) is 1.13. The zero-order valence-corrected chi connectivity index (χ0v) is 8.07. The first-order chi connectivity index (χ1) is 6.61. The molecule has 0 aromatic carbocycles. The molecule has 0 radical (unpaired) electrons. The predicted octanol–water partition coefficient (Wildman–Crippen LogP) is 0.0674. The SMILES string of the molecule is CC(C)N1C(=O)Cc2c1nc[nH]c2=O. The normalized spacial score (nSPS) is 15.1. The molecule has 1 aromatic heterocycles. The lowest BCUT2D eigenvalue weighted by Crippen LogP contribution is -2.34. The van der Waals surface area contributed by atoms with E-state index in [0.717, 1.165) is 0 Å². The number of rotatable bonds is 1. The van der Waals surface area contributed by atoms with Gasteiger partial charge >= 0.3 is 0 Å². The van der Waals surface area contributed by atoms with E-state index in [9.17, 15) is 9.59 Å². The molecule has 5 heteroatoms. The molecule has 74 valence electrons. The predicted molar refractivity (Wildman–Crippen MR) is 51.2 cm³/mol. The van der Waals surface area contributed by atoms with Gasteiger partial charge in [-0.1, -0.05) is 0 Å². The van der Waals surface area contributed by atoms with E-state index in [1.54, 1.807) is 4.90 Å². The topological polar surface area (TPSA) is 66.1 Å².